The highest BCUT2D eigenvalue weighted by Crippen LogP contribution is 2.36. The monoisotopic (exact) mass is 449 g/mol. The summed E-state index contributed by atoms with van der Waals surface area (Å²) in [4.78, 5) is 6.00. The van der Waals surface area contributed by atoms with Crippen LogP contribution in [0.15, 0.2) is 54.6 Å². The van der Waals surface area contributed by atoms with Crippen LogP contribution in [0.4, 0.5) is 0 Å². The van der Waals surface area contributed by atoms with Gasteiger partial charge in [0.25, 0.3) is 0 Å². The molecular weight excluding hydrogens is 406 g/mol. The Bertz CT molecular complexity index is 719. The average Bonchev–Trinajstić information content (AvgIpc) is 2.66. The molecule has 0 amide bonds. The molecule has 176 valence electrons. The van der Waals surface area contributed by atoms with Crippen LogP contribution in [0, 0.1) is 5.41 Å². The van der Waals surface area contributed by atoms with E-state index in [1.807, 2.05) is 19.9 Å². The molecule has 0 heterocycles. The molecule has 0 saturated carbocycles. The van der Waals surface area contributed by atoms with Crippen LogP contribution < -0.4 is 17.1 Å². The van der Waals surface area contributed by atoms with Crippen molar-refractivity contribution in [2.24, 2.45) is 5.41 Å². The molecule has 2 rings (SSSR count). The smallest absolute Gasteiger partial charge is 0.140 e. The van der Waals surface area contributed by atoms with Gasteiger partial charge < -0.3 is 17.1 Å². The number of quaternary nitrogens is 1. The minimum Gasteiger partial charge on any atom is -1.00 e. The highest BCUT2D eigenvalue weighted by Gasteiger charge is 2.27. The molecule has 0 spiro atoms. The summed E-state index contributed by atoms with van der Waals surface area (Å²) >= 11 is 0. The van der Waals surface area contributed by atoms with Crippen molar-refractivity contribution in [1.29, 1.82) is 0 Å². The van der Waals surface area contributed by atoms with Crippen LogP contribution in [-0.4, -0.2) is 32.0 Å². The Morgan fingerprint density at radius 2 is 1.32 bits per heavy atom. The molecule has 0 saturated heterocycles. The zero-order valence-electron chi connectivity index (χ0n) is 21.2. The van der Waals surface area contributed by atoms with E-state index >= 15 is 0 Å². The van der Waals surface area contributed by atoms with Gasteiger partial charge in [-0.1, -0.05) is 90.9 Å². The summed E-state index contributed by atoms with van der Waals surface area (Å²) in [5, 5.41) is 0. The number of hydroxylamine groups is 3. The SMILES string of the molecule is CC.CC(C)(C)CC(C)(C)c1ccc(OCCO[N+](C)(C)Cc2ccccc2)cc1.[Cl-]. The van der Waals surface area contributed by atoms with Gasteiger partial charge in [0.2, 0.25) is 0 Å². The zero-order chi connectivity index (χ0) is 22.8. The molecule has 0 aliphatic rings. The Labute approximate surface area is 197 Å². The van der Waals surface area contributed by atoms with Gasteiger partial charge in [-0.15, -0.1) is 0 Å². The number of benzene rings is 2. The second kappa shape index (κ2) is 13.1. The van der Waals surface area contributed by atoms with Crippen LogP contribution in [0.3, 0.4) is 0 Å². The molecule has 4 heteroatoms. The Morgan fingerprint density at radius 1 is 0.774 bits per heavy atom. The first-order valence-electron chi connectivity index (χ1n) is 11.2. The van der Waals surface area contributed by atoms with E-state index in [-0.39, 0.29) is 17.8 Å². The second-order valence-corrected chi connectivity index (χ2v) is 10.0. The topological polar surface area (TPSA) is 18.5 Å². The minimum atomic E-state index is 0. The molecule has 0 fully saturated rings. The third-order valence-electron chi connectivity index (χ3n) is 4.81. The molecule has 0 unspecified atom stereocenters. The van der Waals surface area contributed by atoms with Crippen LogP contribution in [0.1, 0.15) is 66.0 Å². The summed E-state index contributed by atoms with van der Waals surface area (Å²) in [5.74, 6) is 0.896. The van der Waals surface area contributed by atoms with E-state index in [2.05, 4.69) is 97.2 Å². The molecule has 0 aromatic heterocycles. The Balaban J connectivity index is 0.00000291. The Morgan fingerprint density at radius 3 is 1.84 bits per heavy atom. The maximum Gasteiger partial charge on any atom is 0.140 e. The van der Waals surface area contributed by atoms with Gasteiger partial charge in [-0.25, -0.2) is 0 Å². The van der Waals surface area contributed by atoms with E-state index in [0.29, 0.717) is 23.3 Å². The first kappa shape index (κ1) is 29.5. The van der Waals surface area contributed by atoms with Crippen molar-refractivity contribution in [3.63, 3.8) is 0 Å². The average molecular weight is 450 g/mol. The van der Waals surface area contributed by atoms with E-state index in [0.717, 1.165) is 18.7 Å². The van der Waals surface area contributed by atoms with Crippen LogP contribution in [0.2, 0.25) is 0 Å². The molecule has 0 radical (unpaired) electrons. The maximum atomic E-state index is 6.00. The summed E-state index contributed by atoms with van der Waals surface area (Å²) < 4.78 is 6.36. The van der Waals surface area contributed by atoms with E-state index in [1.54, 1.807) is 0 Å². The van der Waals surface area contributed by atoms with Crippen molar-refractivity contribution in [1.82, 2.24) is 0 Å². The number of ether oxygens (including phenoxy) is 1. The summed E-state index contributed by atoms with van der Waals surface area (Å²) in [6.45, 7) is 17.4. The third-order valence-corrected chi connectivity index (χ3v) is 4.81. The lowest BCUT2D eigenvalue weighted by atomic mass is 9.72. The molecule has 0 aliphatic carbocycles. The van der Waals surface area contributed by atoms with Crippen LogP contribution >= 0.6 is 0 Å². The highest BCUT2D eigenvalue weighted by molar-refractivity contribution is 5.31. The fourth-order valence-electron chi connectivity index (χ4n) is 3.94. The van der Waals surface area contributed by atoms with E-state index in [9.17, 15) is 0 Å². The maximum absolute atomic E-state index is 6.00. The number of hydrogen-bond donors (Lipinski definition) is 0. The summed E-state index contributed by atoms with van der Waals surface area (Å²) in [7, 11) is 4.14. The lowest BCUT2D eigenvalue weighted by Gasteiger charge is -2.33. The fourth-order valence-corrected chi connectivity index (χ4v) is 3.94. The largest absolute Gasteiger partial charge is 1.00 e. The molecule has 31 heavy (non-hydrogen) atoms. The van der Waals surface area contributed by atoms with Gasteiger partial charge in [-0.3, -0.25) is 0 Å². The minimum absolute atomic E-state index is 0. The van der Waals surface area contributed by atoms with Crippen molar-refractivity contribution in [2.75, 3.05) is 27.3 Å². The van der Waals surface area contributed by atoms with Gasteiger partial charge in [0.15, 0.2) is 0 Å². The van der Waals surface area contributed by atoms with E-state index < -0.39 is 0 Å². The van der Waals surface area contributed by atoms with Crippen LogP contribution in [0.25, 0.3) is 0 Å². The van der Waals surface area contributed by atoms with Crippen molar-refractivity contribution >= 4 is 0 Å². The van der Waals surface area contributed by atoms with Gasteiger partial charge in [0.05, 0.1) is 14.1 Å². The van der Waals surface area contributed by atoms with E-state index in [4.69, 9.17) is 9.57 Å². The first-order valence-corrected chi connectivity index (χ1v) is 11.2. The Kier molecular flexibility index (Phi) is 12.4. The summed E-state index contributed by atoms with van der Waals surface area (Å²) in [6.07, 6.45) is 1.14. The summed E-state index contributed by atoms with van der Waals surface area (Å²) in [6, 6.07) is 18.9. The third kappa shape index (κ3) is 11.6. The van der Waals surface area contributed by atoms with Crippen LogP contribution in [0.5, 0.6) is 5.75 Å². The van der Waals surface area contributed by atoms with Crippen molar-refractivity contribution < 1.29 is 26.6 Å². The number of halogens is 1. The number of hydrogen-bond acceptors (Lipinski definition) is 2. The van der Waals surface area contributed by atoms with Gasteiger partial charge in [0, 0.05) is 5.56 Å². The first-order chi connectivity index (χ1) is 14.0. The summed E-state index contributed by atoms with van der Waals surface area (Å²) in [5.41, 5.74) is 3.08. The van der Waals surface area contributed by atoms with Gasteiger partial charge >= 0.3 is 0 Å². The normalized spacial score (nSPS) is 11.8. The lowest BCUT2D eigenvalue weighted by molar-refractivity contribution is -1.09. The second-order valence-electron chi connectivity index (χ2n) is 10.0. The molecule has 2 aromatic rings. The predicted octanol–water partition coefficient (Wildman–Crippen LogP) is 4.02. The van der Waals surface area contributed by atoms with Gasteiger partial charge in [0.1, 0.15) is 25.5 Å². The van der Waals surface area contributed by atoms with Crippen LogP contribution in [-0.2, 0) is 16.8 Å². The molecule has 0 bridgehead atoms. The molecule has 0 atom stereocenters. The fraction of sp³-hybridized carbons (Fsp3) is 0.556. The van der Waals surface area contributed by atoms with Crippen molar-refractivity contribution in [2.45, 2.75) is 66.8 Å². The predicted molar refractivity (Wildman–Crippen MR) is 129 cm³/mol. The zero-order valence-corrected chi connectivity index (χ0v) is 21.9. The number of nitrogens with zero attached hydrogens (tertiary/aromatic N) is 1. The van der Waals surface area contributed by atoms with Crippen molar-refractivity contribution in [3.8, 4) is 5.75 Å². The van der Waals surface area contributed by atoms with E-state index in [1.165, 1.54) is 11.1 Å². The number of rotatable bonds is 9. The quantitative estimate of drug-likeness (QED) is 0.327. The highest BCUT2D eigenvalue weighted by atomic mass is 35.5. The van der Waals surface area contributed by atoms with Gasteiger partial charge in [-0.2, -0.15) is 9.48 Å². The molecular formula is C27H44ClNO2. The molecule has 3 nitrogen and oxygen atoms in total. The standard InChI is InChI=1S/C25H38NO2.C2H6.ClH/c1-24(2,3)20-25(4,5)22-13-15-23(16-14-22)27-17-18-28-26(6,7)19-21-11-9-8-10-12-21;1-2;/h8-16H,17-20H2,1-7H3;1-2H3;1H/q+1;;/p-1. The molecule has 0 aliphatic heterocycles. The van der Waals surface area contributed by atoms with Gasteiger partial charge in [-0.05, 0) is 34.9 Å². The van der Waals surface area contributed by atoms with Crippen molar-refractivity contribution in [3.05, 3.63) is 65.7 Å². The molecule has 2 aromatic carbocycles. The molecule has 0 N–H and O–H groups in total. The Hall–Kier alpha value is -1.55. The lowest BCUT2D eigenvalue weighted by Crippen LogP contribution is -3.00.